The van der Waals surface area contributed by atoms with Gasteiger partial charge in [0.25, 0.3) is 0 Å². The number of rotatable bonds is 1. The fraction of sp³-hybridized carbons (Fsp3) is 0.294. The molecule has 2 aromatic rings. The Morgan fingerprint density at radius 3 is 2.85 bits per heavy atom. The van der Waals surface area contributed by atoms with Gasteiger partial charge in [0.05, 0.1) is 6.61 Å². The molecule has 2 aliphatic rings. The lowest BCUT2D eigenvalue weighted by Crippen LogP contribution is -2.28. The van der Waals surface area contributed by atoms with E-state index in [1.807, 2.05) is 12.1 Å². The Bertz CT molecular complexity index is 653. The van der Waals surface area contributed by atoms with Crippen molar-refractivity contribution >= 4 is 5.69 Å². The molecule has 1 atom stereocenters. The molecule has 0 radical (unpaired) electrons. The second-order valence-electron chi connectivity index (χ2n) is 5.62. The van der Waals surface area contributed by atoms with E-state index in [-0.39, 0.29) is 0 Å². The van der Waals surface area contributed by atoms with Crippen LogP contribution in [0, 0.1) is 0 Å². The summed E-state index contributed by atoms with van der Waals surface area (Å²) in [6.45, 7) is 2.80. The van der Waals surface area contributed by atoms with Crippen LogP contribution in [0.2, 0.25) is 0 Å². The smallest absolute Gasteiger partial charge is 0.124 e. The zero-order valence-corrected chi connectivity index (χ0v) is 11.4. The molecule has 0 aliphatic carbocycles. The lowest BCUT2D eigenvalue weighted by molar-refractivity contribution is 0.139. The molecule has 0 bridgehead atoms. The van der Waals surface area contributed by atoms with Gasteiger partial charge in [-0.05, 0) is 29.3 Å². The fourth-order valence-corrected chi connectivity index (χ4v) is 3.36. The van der Waals surface area contributed by atoms with Crippen molar-refractivity contribution in [2.75, 3.05) is 12.3 Å². The van der Waals surface area contributed by atoms with Gasteiger partial charge >= 0.3 is 0 Å². The largest absolute Gasteiger partial charge is 0.493 e. The Balaban J connectivity index is 1.65. The number of para-hydroxylation sites is 1. The molecule has 0 aromatic heterocycles. The number of nitrogens with two attached hydrogens (primary N) is 1. The van der Waals surface area contributed by atoms with E-state index in [1.54, 1.807) is 0 Å². The van der Waals surface area contributed by atoms with Crippen LogP contribution in [0.4, 0.5) is 5.69 Å². The molecular weight excluding hydrogens is 248 g/mol. The van der Waals surface area contributed by atoms with Crippen LogP contribution in [0.1, 0.15) is 29.2 Å². The van der Waals surface area contributed by atoms with Crippen LogP contribution in [0.3, 0.4) is 0 Å². The van der Waals surface area contributed by atoms with Crippen LogP contribution >= 0.6 is 0 Å². The molecule has 2 heterocycles. The molecule has 0 amide bonds. The maximum absolute atomic E-state index is 5.89. The molecule has 0 fully saturated rings. The van der Waals surface area contributed by atoms with E-state index in [2.05, 4.69) is 35.2 Å². The van der Waals surface area contributed by atoms with Crippen molar-refractivity contribution in [1.29, 1.82) is 0 Å². The zero-order chi connectivity index (χ0) is 13.5. The maximum Gasteiger partial charge on any atom is 0.124 e. The molecule has 0 saturated heterocycles. The molecular formula is C17H18N2O. The second kappa shape index (κ2) is 4.53. The molecule has 3 heteroatoms. The molecule has 1 unspecified atom stereocenters. The molecule has 0 saturated carbocycles. The number of hydrogen-bond acceptors (Lipinski definition) is 3. The van der Waals surface area contributed by atoms with Crippen LogP contribution in [0.5, 0.6) is 5.75 Å². The first-order valence-electron chi connectivity index (χ1n) is 7.14. The monoisotopic (exact) mass is 266 g/mol. The van der Waals surface area contributed by atoms with Gasteiger partial charge in [-0.3, -0.25) is 4.90 Å². The maximum atomic E-state index is 5.89. The molecule has 102 valence electrons. The standard InChI is InChI=1S/C17H18N2O/c18-14-6-5-12-10-19(11-13(12)9-14)16-7-8-20-17-4-2-1-3-15(16)17/h1-6,9,16H,7-8,10-11,18H2. The fourth-order valence-electron chi connectivity index (χ4n) is 3.36. The van der Waals surface area contributed by atoms with Gasteiger partial charge in [-0.1, -0.05) is 24.3 Å². The number of fused-ring (bicyclic) bond motifs is 2. The summed E-state index contributed by atoms with van der Waals surface area (Å²) in [7, 11) is 0. The molecule has 4 rings (SSSR count). The summed E-state index contributed by atoms with van der Waals surface area (Å²) in [4.78, 5) is 2.53. The van der Waals surface area contributed by atoms with Gasteiger partial charge < -0.3 is 10.5 Å². The van der Waals surface area contributed by atoms with Crippen LogP contribution in [0.15, 0.2) is 42.5 Å². The second-order valence-corrected chi connectivity index (χ2v) is 5.62. The van der Waals surface area contributed by atoms with E-state index in [0.29, 0.717) is 6.04 Å². The van der Waals surface area contributed by atoms with E-state index in [1.165, 1.54) is 16.7 Å². The number of nitrogen functional groups attached to an aromatic ring is 1. The lowest BCUT2D eigenvalue weighted by atomic mass is 9.99. The third kappa shape index (κ3) is 1.86. The van der Waals surface area contributed by atoms with Gasteiger partial charge in [0.2, 0.25) is 0 Å². The quantitative estimate of drug-likeness (QED) is 0.806. The minimum atomic E-state index is 0.452. The summed E-state index contributed by atoms with van der Waals surface area (Å²) >= 11 is 0. The van der Waals surface area contributed by atoms with Gasteiger partial charge in [0.15, 0.2) is 0 Å². The van der Waals surface area contributed by atoms with Crippen molar-refractivity contribution in [3.63, 3.8) is 0 Å². The molecule has 2 aliphatic heterocycles. The summed E-state index contributed by atoms with van der Waals surface area (Å²) in [6, 6.07) is 15.1. The number of hydrogen-bond donors (Lipinski definition) is 1. The van der Waals surface area contributed by atoms with Crippen LogP contribution < -0.4 is 10.5 Å². The highest BCUT2D eigenvalue weighted by Gasteiger charge is 2.30. The highest BCUT2D eigenvalue weighted by Crippen LogP contribution is 2.40. The third-order valence-corrected chi connectivity index (χ3v) is 4.34. The average Bonchev–Trinajstić information content (AvgIpc) is 2.89. The van der Waals surface area contributed by atoms with Gasteiger partial charge in [-0.2, -0.15) is 0 Å². The predicted molar refractivity (Wildman–Crippen MR) is 79.4 cm³/mol. The van der Waals surface area contributed by atoms with E-state index in [0.717, 1.165) is 37.6 Å². The SMILES string of the molecule is Nc1ccc2c(c1)CN(C1CCOc3ccccc31)C2. The van der Waals surface area contributed by atoms with Gasteiger partial charge in [-0.15, -0.1) is 0 Å². The van der Waals surface area contributed by atoms with Crippen molar-refractivity contribution in [2.24, 2.45) is 0 Å². The first-order valence-corrected chi connectivity index (χ1v) is 7.14. The highest BCUT2D eigenvalue weighted by atomic mass is 16.5. The van der Waals surface area contributed by atoms with E-state index in [4.69, 9.17) is 10.5 Å². The minimum absolute atomic E-state index is 0.452. The van der Waals surface area contributed by atoms with E-state index >= 15 is 0 Å². The van der Waals surface area contributed by atoms with Crippen molar-refractivity contribution in [3.8, 4) is 5.75 Å². The number of anilines is 1. The number of ether oxygens (including phenoxy) is 1. The van der Waals surface area contributed by atoms with Crippen molar-refractivity contribution in [1.82, 2.24) is 4.90 Å². The number of nitrogens with zero attached hydrogens (tertiary/aromatic N) is 1. The Morgan fingerprint density at radius 2 is 1.90 bits per heavy atom. The van der Waals surface area contributed by atoms with Gasteiger partial charge in [0, 0.05) is 36.8 Å². The average molecular weight is 266 g/mol. The molecule has 0 spiro atoms. The third-order valence-electron chi connectivity index (χ3n) is 4.34. The van der Waals surface area contributed by atoms with Gasteiger partial charge in [-0.25, -0.2) is 0 Å². The van der Waals surface area contributed by atoms with Crippen molar-refractivity contribution in [3.05, 3.63) is 59.2 Å². The predicted octanol–water partition coefficient (Wildman–Crippen LogP) is 3.11. The molecule has 3 nitrogen and oxygen atoms in total. The Hall–Kier alpha value is -2.00. The first kappa shape index (κ1) is 11.8. The lowest BCUT2D eigenvalue weighted by Gasteiger charge is -2.32. The zero-order valence-electron chi connectivity index (χ0n) is 11.4. The number of benzene rings is 2. The summed E-state index contributed by atoms with van der Waals surface area (Å²) in [6.07, 6.45) is 1.06. The summed E-state index contributed by atoms with van der Waals surface area (Å²) in [5.41, 5.74) is 10.8. The first-order chi connectivity index (χ1) is 9.81. The highest BCUT2D eigenvalue weighted by molar-refractivity contribution is 5.46. The van der Waals surface area contributed by atoms with Crippen molar-refractivity contribution < 1.29 is 4.74 Å². The van der Waals surface area contributed by atoms with E-state index < -0.39 is 0 Å². The molecule has 2 N–H and O–H groups in total. The summed E-state index contributed by atoms with van der Waals surface area (Å²) < 4.78 is 5.76. The molecule has 2 aromatic carbocycles. The van der Waals surface area contributed by atoms with E-state index in [9.17, 15) is 0 Å². The van der Waals surface area contributed by atoms with Crippen LogP contribution in [0.25, 0.3) is 0 Å². The van der Waals surface area contributed by atoms with Crippen molar-refractivity contribution in [2.45, 2.75) is 25.6 Å². The van der Waals surface area contributed by atoms with Gasteiger partial charge in [0.1, 0.15) is 5.75 Å². The Labute approximate surface area is 119 Å². The Morgan fingerprint density at radius 1 is 1.05 bits per heavy atom. The van der Waals surface area contributed by atoms with Crippen LogP contribution in [-0.2, 0) is 13.1 Å². The van der Waals surface area contributed by atoms with Crippen LogP contribution in [-0.4, -0.2) is 11.5 Å². The minimum Gasteiger partial charge on any atom is -0.493 e. The summed E-state index contributed by atoms with van der Waals surface area (Å²) in [5, 5.41) is 0. The summed E-state index contributed by atoms with van der Waals surface area (Å²) in [5.74, 6) is 1.04. The Kier molecular flexibility index (Phi) is 2.67. The topological polar surface area (TPSA) is 38.5 Å². The molecule has 20 heavy (non-hydrogen) atoms. The normalized spacial score (nSPS) is 21.1.